The highest BCUT2D eigenvalue weighted by Gasteiger charge is 2.24. The number of allylic oxidation sites excluding steroid dienone is 4. The van der Waals surface area contributed by atoms with E-state index >= 15 is 0 Å². The Morgan fingerprint density at radius 1 is 0.538 bits per heavy atom. The third kappa shape index (κ3) is 50.7. The van der Waals surface area contributed by atoms with Crippen LogP contribution in [0.25, 0.3) is 0 Å². The third-order valence-electron chi connectivity index (χ3n) is 12.9. The van der Waals surface area contributed by atoms with Crippen LogP contribution >= 0.6 is 7.82 Å². The van der Waals surface area contributed by atoms with Gasteiger partial charge >= 0.3 is 0 Å². The average Bonchev–Trinajstić information content (AvgIpc) is 3.26. The molecule has 0 aromatic carbocycles. The second-order valence-corrected chi connectivity index (χ2v) is 22.1. The van der Waals surface area contributed by atoms with Crippen LogP contribution < -0.4 is 10.2 Å². The van der Waals surface area contributed by atoms with E-state index in [0.29, 0.717) is 23.9 Å². The lowest BCUT2D eigenvalue weighted by Crippen LogP contribution is -2.46. The van der Waals surface area contributed by atoms with Crippen molar-refractivity contribution in [3.63, 3.8) is 0 Å². The molecule has 0 saturated carbocycles. The van der Waals surface area contributed by atoms with Gasteiger partial charge in [0.05, 0.1) is 39.9 Å². The molecule has 8 nitrogen and oxygen atoms in total. The monoisotopic (exact) mass is 939 g/mol. The molecule has 65 heavy (non-hydrogen) atoms. The molecule has 1 amide bonds. The molecule has 9 heteroatoms. The Hall–Kier alpha value is -1.02. The minimum absolute atomic E-state index is 0.0102. The summed E-state index contributed by atoms with van der Waals surface area (Å²) in [5.74, 6) is -0.176. The highest BCUT2D eigenvalue weighted by molar-refractivity contribution is 7.45. The lowest BCUT2D eigenvalue weighted by atomic mass is 10.0. The zero-order valence-corrected chi connectivity index (χ0v) is 44.9. The van der Waals surface area contributed by atoms with E-state index in [-0.39, 0.29) is 19.1 Å². The Kier molecular flexibility index (Phi) is 47.3. The van der Waals surface area contributed by atoms with E-state index < -0.39 is 20.0 Å². The Bertz CT molecular complexity index is 1110. The van der Waals surface area contributed by atoms with Crippen molar-refractivity contribution in [1.82, 2.24) is 5.32 Å². The number of nitrogens with zero attached hydrogens (tertiary/aromatic N) is 1. The molecule has 0 rings (SSSR count). The normalized spacial score (nSPS) is 14.1. The molecule has 386 valence electrons. The summed E-state index contributed by atoms with van der Waals surface area (Å²) in [6.45, 7) is 4.71. The lowest BCUT2D eigenvalue weighted by Gasteiger charge is -2.30. The van der Waals surface area contributed by atoms with Crippen LogP contribution in [0.1, 0.15) is 277 Å². The smallest absolute Gasteiger partial charge is 0.268 e. The molecule has 2 N–H and O–H groups in total. The van der Waals surface area contributed by atoms with E-state index in [1.807, 2.05) is 21.1 Å². The van der Waals surface area contributed by atoms with E-state index in [4.69, 9.17) is 9.05 Å². The van der Waals surface area contributed by atoms with E-state index in [1.54, 1.807) is 0 Å². The van der Waals surface area contributed by atoms with Crippen molar-refractivity contribution in [2.24, 2.45) is 0 Å². The number of nitrogens with one attached hydrogen (secondary N) is 1. The van der Waals surface area contributed by atoms with Crippen LogP contribution in [0, 0.1) is 0 Å². The van der Waals surface area contributed by atoms with Crippen molar-refractivity contribution >= 4 is 13.7 Å². The van der Waals surface area contributed by atoms with Crippen molar-refractivity contribution in [1.29, 1.82) is 0 Å². The van der Waals surface area contributed by atoms with Crippen molar-refractivity contribution in [2.75, 3.05) is 40.9 Å². The Morgan fingerprint density at radius 3 is 1.31 bits per heavy atom. The van der Waals surface area contributed by atoms with Gasteiger partial charge in [-0.1, -0.05) is 250 Å². The van der Waals surface area contributed by atoms with Crippen LogP contribution in [0.2, 0.25) is 0 Å². The third-order valence-corrected chi connectivity index (χ3v) is 13.9. The highest BCUT2D eigenvalue weighted by atomic mass is 31.2. The van der Waals surface area contributed by atoms with Crippen LogP contribution in [-0.2, 0) is 18.4 Å². The zero-order valence-electron chi connectivity index (χ0n) is 44.0. The summed E-state index contributed by atoms with van der Waals surface area (Å²) >= 11 is 0. The molecule has 0 fully saturated rings. The number of aliphatic hydroxyl groups is 1. The fourth-order valence-corrected chi connectivity index (χ4v) is 9.21. The van der Waals surface area contributed by atoms with Gasteiger partial charge in [0.15, 0.2) is 0 Å². The standard InChI is InChI=1S/C56H111N2O6P/c1-6-8-10-12-14-16-18-20-22-23-24-25-26-27-28-29-30-31-32-33-34-36-37-39-41-43-45-47-49-55(59)54(53-64-65(61,62)63-52-51-58(3,4)5)57-56(60)50-48-46-44-42-40-38-35-21-19-17-15-13-11-9-7-2/h15,17,21,35,54-55,59H,6-14,16,18-20,22-34,36-53H2,1-5H3,(H-,57,60,61,62)/b17-15-,35-21-. The minimum atomic E-state index is -4.57. The van der Waals surface area contributed by atoms with Gasteiger partial charge in [0.25, 0.3) is 7.82 Å². The molecule has 3 atom stereocenters. The molecule has 0 aromatic heterocycles. The van der Waals surface area contributed by atoms with Crippen molar-refractivity contribution < 1.29 is 32.9 Å². The summed E-state index contributed by atoms with van der Waals surface area (Å²) in [4.78, 5) is 25.5. The Morgan fingerprint density at radius 2 is 0.892 bits per heavy atom. The summed E-state index contributed by atoms with van der Waals surface area (Å²) in [7, 11) is 1.30. The lowest BCUT2D eigenvalue weighted by molar-refractivity contribution is -0.870. The number of likely N-dealkylation sites (N-methyl/N-ethyl adjacent to an activating group) is 1. The summed E-state index contributed by atoms with van der Waals surface area (Å²) in [5.41, 5.74) is 0. The number of carbonyl (C=O) groups excluding carboxylic acids is 1. The van der Waals surface area contributed by atoms with E-state index in [1.165, 1.54) is 186 Å². The van der Waals surface area contributed by atoms with Gasteiger partial charge in [-0.2, -0.15) is 0 Å². The van der Waals surface area contributed by atoms with Gasteiger partial charge in [-0.15, -0.1) is 0 Å². The largest absolute Gasteiger partial charge is 0.756 e. The van der Waals surface area contributed by atoms with Crippen LogP contribution in [-0.4, -0.2) is 68.5 Å². The summed E-state index contributed by atoms with van der Waals surface area (Å²) < 4.78 is 23.4. The number of amides is 1. The van der Waals surface area contributed by atoms with Gasteiger partial charge in [-0.25, -0.2) is 0 Å². The molecule has 0 heterocycles. The maximum absolute atomic E-state index is 12.9. The van der Waals surface area contributed by atoms with E-state index in [0.717, 1.165) is 64.2 Å². The van der Waals surface area contributed by atoms with Crippen molar-refractivity contribution in [3.8, 4) is 0 Å². The SMILES string of the molecule is CCCCC/C=C\C/C=C\CCCCCCCC(=O)NC(COP(=O)([O-])OCC[N+](C)(C)C)C(O)CCCCCCCCCCCCCCCCCCCCCCCCCCCCCC. The van der Waals surface area contributed by atoms with Gasteiger partial charge < -0.3 is 28.8 Å². The minimum Gasteiger partial charge on any atom is -0.756 e. The molecular formula is C56H111N2O6P. The summed E-state index contributed by atoms with van der Waals surface area (Å²) in [6, 6.07) is -0.807. The van der Waals surface area contributed by atoms with Crippen LogP contribution in [0.5, 0.6) is 0 Å². The van der Waals surface area contributed by atoms with Crippen LogP contribution in [0.3, 0.4) is 0 Å². The van der Waals surface area contributed by atoms with Gasteiger partial charge in [0.1, 0.15) is 13.2 Å². The molecule has 0 aromatic rings. The number of quaternary nitrogens is 1. The van der Waals surface area contributed by atoms with Gasteiger partial charge in [-0.3, -0.25) is 9.36 Å². The second kappa shape index (κ2) is 48.0. The Balaban J connectivity index is 4.10. The van der Waals surface area contributed by atoms with Crippen molar-refractivity contribution in [2.45, 2.75) is 289 Å². The number of rotatable bonds is 52. The molecule has 3 unspecified atom stereocenters. The van der Waals surface area contributed by atoms with Gasteiger partial charge in [-0.05, 0) is 44.9 Å². The number of unbranched alkanes of at least 4 members (excludes halogenated alkanes) is 35. The maximum Gasteiger partial charge on any atom is 0.268 e. The molecule has 0 saturated heterocycles. The van der Waals surface area contributed by atoms with Gasteiger partial charge in [0.2, 0.25) is 5.91 Å². The topological polar surface area (TPSA) is 108 Å². The zero-order chi connectivity index (χ0) is 47.8. The first-order valence-electron chi connectivity index (χ1n) is 28.2. The molecule has 0 radical (unpaired) electrons. The number of phosphoric ester groups is 1. The number of phosphoric acid groups is 1. The number of aliphatic hydroxyl groups excluding tert-OH is 1. The molecular weight excluding hydrogens is 828 g/mol. The molecule has 0 aliphatic carbocycles. The maximum atomic E-state index is 12.9. The molecule has 0 spiro atoms. The molecule has 0 aliphatic heterocycles. The van der Waals surface area contributed by atoms with Gasteiger partial charge in [0, 0.05) is 6.42 Å². The van der Waals surface area contributed by atoms with E-state index in [2.05, 4.69) is 43.5 Å². The second-order valence-electron chi connectivity index (χ2n) is 20.6. The first-order chi connectivity index (χ1) is 31.5. The van der Waals surface area contributed by atoms with Crippen molar-refractivity contribution in [3.05, 3.63) is 24.3 Å². The summed E-state index contributed by atoms with van der Waals surface area (Å²) in [6.07, 6.45) is 59.3. The first kappa shape index (κ1) is 64.0. The average molecular weight is 939 g/mol. The van der Waals surface area contributed by atoms with E-state index in [9.17, 15) is 19.4 Å². The first-order valence-corrected chi connectivity index (χ1v) is 29.6. The van der Waals surface area contributed by atoms with Crippen LogP contribution in [0.15, 0.2) is 24.3 Å². The van der Waals surface area contributed by atoms with Crippen LogP contribution in [0.4, 0.5) is 0 Å². The fourth-order valence-electron chi connectivity index (χ4n) is 8.48. The Labute approximate surface area is 404 Å². The fraction of sp³-hybridized carbons (Fsp3) is 0.911. The summed E-state index contributed by atoms with van der Waals surface area (Å²) in [5, 5.41) is 14.0. The number of carbonyl (C=O) groups is 1. The predicted molar refractivity (Wildman–Crippen MR) is 279 cm³/mol. The predicted octanol–water partition coefficient (Wildman–Crippen LogP) is 16.2. The number of hydrogen-bond acceptors (Lipinski definition) is 6. The molecule has 0 aliphatic rings. The highest BCUT2D eigenvalue weighted by Crippen LogP contribution is 2.38. The quantitative estimate of drug-likeness (QED) is 0.0272. The number of hydrogen-bond donors (Lipinski definition) is 2. The molecule has 0 bridgehead atoms.